The van der Waals surface area contributed by atoms with Crippen LogP contribution in [0, 0.1) is 6.92 Å². The molecule has 1 aromatic heterocycles. The van der Waals surface area contributed by atoms with E-state index in [2.05, 4.69) is 22.9 Å². The summed E-state index contributed by atoms with van der Waals surface area (Å²) in [5.74, 6) is 0.126. The molecule has 0 atom stereocenters. The molecule has 4 heteroatoms. The number of rotatable bonds is 7. The zero-order valence-electron chi connectivity index (χ0n) is 17.3. The molecule has 4 nitrogen and oxygen atoms in total. The predicted molar refractivity (Wildman–Crippen MR) is 119 cm³/mol. The van der Waals surface area contributed by atoms with Gasteiger partial charge in [-0.3, -0.25) is 9.78 Å². The van der Waals surface area contributed by atoms with Crippen LogP contribution in [0.5, 0.6) is 0 Å². The van der Waals surface area contributed by atoms with E-state index in [0.717, 1.165) is 41.8 Å². The SMILES string of the molecule is C=C(/C=C/C=C\C=C\C1=CC(=O)N(C2CCCCC2)CN1)Cc1ccc(C)nc1. The van der Waals surface area contributed by atoms with Crippen molar-refractivity contribution < 1.29 is 4.79 Å². The number of allylic oxidation sites excluding steroid dienone is 7. The van der Waals surface area contributed by atoms with E-state index in [9.17, 15) is 4.79 Å². The van der Waals surface area contributed by atoms with Gasteiger partial charge < -0.3 is 10.2 Å². The van der Waals surface area contributed by atoms with Gasteiger partial charge in [-0.15, -0.1) is 0 Å². The van der Waals surface area contributed by atoms with E-state index in [-0.39, 0.29) is 5.91 Å². The van der Waals surface area contributed by atoms with Crippen molar-refractivity contribution in [2.45, 2.75) is 51.5 Å². The largest absolute Gasteiger partial charge is 0.367 e. The Bertz CT molecular complexity index is 824. The highest BCUT2D eigenvalue weighted by molar-refractivity contribution is 5.89. The van der Waals surface area contributed by atoms with Crippen LogP contribution in [0.2, 0.25) is 0 Å². The van der Waals surface area contributed by atoms with Crippen LogP contribution in [0.25, 0.3) is 0 Å². The summed E-state index contributed by atoms with van der Waals surface area (Å²) in [6, 6.07) is 4.50. The lowest BCUT2D eigenvalue weighted by molar-refractivity contribution is -0.130. The first-order valence-corrected chi connectivity index (χ1v) is 10.5. The van der Waals surface area contributed by atoms with Crippen molar-refractivity contribution in [3.8, 4) is 0 Å². The van der Waals surface area contributed by atoms with Crippen molar-refractivity contribution in [1.82, 2.24) is 15.2 Å². The van der Waals surface area contributed by atoms with Crippen LogP contribution in [-0.4, -0.2) is 28.5 Å². The van der Waals surface area contributed by atoms with Crippen molar-refractivity contribution >= 4 is 5.91 Å². The minimum absolute atomic E-state index is 0.126. The van der Waals surface area contributed by atoms with Crippen molar-refractivity contribution in [2.24, 2.45) is 0 Å². The molecule has 3 rings (SSSR count). The van der Waals surface area contributed by atoms with Gasteiger partial charge in [0.2, 0.25) is 5.91 Å². The Morgan fingerprint density at radius 1 is 1.21 bits per heavy atom. The van der Waals surface area contributed by atoms with Crippen LogP contribution in [0.1, 0.15) is 43.4 Å². The van der Waals surface area contributed by atoms with E-state index in [0.29, 0.717) is 12.7 Å². The van der Waals surface area contributed by atoms with Gasteiger partial charge >= 0.3 is 0 Å². The van der Waals surface area contributed by atoms with Crippen LogP contribution in [-0.2, 0) is 11.2 Å². The van der Waals surface area contributed by atoms with Crippen LogP contribution >= 0.6 is 0 Å². The molecule has 1 amide bonds. The molecule has 1 fully saturated rings. The Hall–Kier alpha value is -2.88. The number of aromatic nitrogens is 1. The second kappa shape index (κ2) is 10.6. The van der Waals surface area contributed by atoms with E-state index in [1.54, 1.807) is 6.08 Å². The Morgan fingerprint density at radius 3 is 2.72 bits per heavy atom. The summed E-state index contributed by atoms with van der Waals surface area (Å²) in [6.07, 6.45) is 22.2. The van der Waals surface area contributed by atoms with Gasteiger partial charge in [-0.05, 0) is 43.9 Å². The summed E-state index contributed by atoms with van der Waals surface area (Å²) in [5.41, 5.74) is 4.09. The van der Waals surface area contributed by atoms with Crippen LogP contribution < -0.4 is 5.32 Å². The summed E-state index contributed by atoms with van der Waals surface area (Å²) >= 11 is 0. The molecular weight excluding hydrogens is 358 g/mol. The first-order valence-electron chi connectivity index (χ1n) is 10.5. The van der Waals surface area contributed by atoms with Crippen molar-refractivity contribution in [3.05, 3.63) is 90.0 Å². The van der Waals surface area contributed by atoms with Crippen LogP contribution in [0.4, 0.5) is 0 Å². The molecule has 0 saturated heterocycles. The van der Waals surface area contributed by atoms with Crippen LogP contribution in [0.3, 0.4) is 0 Å². The molecule has 1 saturated carbocycles. The molecule has 2 aliphatic rings. The number of nitrogens with one attached hydrogen (secondary N) is 1. The fourth-order valence-electron chi connectivity index (χ4n) is 3.73. The molecule has 2 heterocycles. The van der Waals surface area contributed by atoms with Gasteiger partial charge in [-0.1, -0.05) is 67.9 Å². The average Bonchev–Trinajstić information content (AvgIpc) is 2.73. The number of hydrogen-bond donors (Lipinski definition) is 1. The Labute approximate surface area is 174 Å². The summed E-state index contributed by atoms with van der Waals surface area (Å²) in [5, 5.41) is 3.34. The van der Waals surface area contributed by atoms with E-state index >= 15 is 0 Å². The van der Waals surface area contributed by atoms with Crippen molar-refractivity contribution in [1.29, 1.82) is 0 Å². The molecule has 1 aliphatic carbocycles. The summed E-state index contributed by atoms with van der Waals surface area (Å²) in [7, 11) is 0. The van der Waals surface area contributed by atoms with Crippen molar-refractivity contribution in [3.63, 3.8) is 0 Å². The maximum absolute atomic E-state index is 12.4. The quantitative estimate of drug-likeness (QED) is 0.684. The maximum atomic E-state index is 12.4. The molecule has 0 spiro atoms. The summed E-state index contributed by atoms with van der Waals surface area (Å²) < 4.78 is 0. The number of nitrogens with zero attached hydrogens (tertiary/aromatic N) is 2. The zero-order chi connectivity index (χ0) is 20.5. The molecule has 1 N–H and O–H groups in total. The third-order valence-corrected chi connectivity index (χ3v) is 5.38. The van der Waals surface area contributed by atoms with Gasteiger partial charge in [0.25, 0.3) is 0 Å². The molecule has 29 heavy (non-hydrogen) atoms. The van der Waals surface area contributed by atoms with E-state index < -0.39 is 0 Å². The number of pyridine rings is 1. The Kier molecular flexibility index (Phi) is 7.62. The lowest BCUT2D eigenvalue weighted by Gasteiger charge is -2.36. The van der Waals surface area contributed by atoms with Gasteiger partial charge in [0, 0.05) is 29.7 Å². The van der Waals surface area contributed by atoms with E-state index in [1.807, 2.05) is 60.5 Å². The molecule has 0 bridgehead atoms. The van der Waals surface area contributed by atoms with Gasteiger partial charge in [-0.25, -0.2) is 0 Å². The second-order valence-electron chi connectivity index (χ2n) is 7.78. The first-order chi connectivity index (χ1) is 14.1. The average molecular weight is 390 g/mol. The molecule has 0 aromatic carbocycles. The third kappa shape index (κ3) is 6.60. The highest BCUT2D eigenvalue weighted by atomic mass is 16.2. The molecule has 152 valence electrons. The molecule has 1 aromatic rings. The lowest BCUT2D eigenvalue weighted by atomic mass is 9.94. The summed E-state index contributed by atoms with van der Waals surface area (Å²) in [6.45, 7) is 6.68. The van der Waals surface area contributed by atoms with Crippen molar-refractivity contribution in [2.75, 3.05) is 6.67 Å². The fourth-order valence-corrected chi connectivity index (χ4v) is 3.73. The number of carbonyl (C=O) groups is 1. The van der Waals surface area contributed by atoms with E-state index in [1.165, 1.54) is 19.3 Å². The fraction of sp³-hybridized carbons (Fsp3) is 0.360. The Morgan fingerprint density at radius 2 is 2.00 bits per heavy atom. The molecule has 1 aliphatic heterocycles. The number of aryl methyl sites for hydroxylation is 1. The number of hydrogen-bond acceptors (Lipinski definition) is 3. The molecule has 0 unspecified atom stereocenters. The number of amides is 1. The third-order valence-electron chi connectivity index (χ3n) is 5.38. The normalized spacial score (nSPS) is 18.6. The minimum atomic E-state index is 0.126. The zero-order valence-corrected chi connectivity index (χ0v) is 17.3. The number of carbonyl (C=O) groups excluding carboxylic acids is 1. The van der Waals surface area contributed by atoms with Gasteiger partial charge in [0.1, 0.15) is 0 Å². The molecular formula is C25H31N3O. The second-order valence-corrected chi connectivity index (χ2v) is 7.78. The minimum Gasteiger partial charge on any atom is -0.367 e. The monoisotopic (exact) mass is 389 g/mol. The summed E-state index contributed by atoms with van der Waals surface area (Å²) in [4.78, 5) is 18.7. The maximum Gasteiger partial charge on any atom is 0.250 e. The molecule has 0 radical (unpaired) electrons. The highest BCUT2D eigenvalue weighted by Gasteiger charge is 2.26. The van der Waals surface area contributed by atoms with Gasteiger partial charge in [0.05, 0.1) is 6.67 Å². The van der Waals surface area contributed by atoms with Gasteiger partial charge in [-0.2, -0.15) is 0 Å². The van der Waals surface area contributed by atoms with E-state index in [4.69, 9.17) is 0 Å². The first kappa shape index (κ1) is 20.8. The van der Waals surface area contributed by atoms with Crippen LogP contribution in [0.15, 0.2) is 78.7 Å². The topological polar surface area (TPSA) is 45.2 Å². The Balaban J connectivity index is 1.43. The van der Waals surface area contributed by atoms with Gasteiger partial charge in [0.15, 0.2) is 0 Å². The standard InChI is InChI=1S/C25H31N3O/c1-20(16-22-15-14-21(2)26-18-22)10-6-3-4-7-11-23-17-25(29)28(19-27-23)24-12-8-5-9-13-24/h3-4,6-7,10-11,14-15,17-18,24,27H,1,5,8-9,12-13,16,19H2,2H3/b4-3-,10-6+,11-7+. The lowest BCUT2D eigenvalue weighted by Crippen LogP contribution is -2.48. The smallest absolute Gasteiger partial charge is 0.250 e. The highest BCUT2D eigenvalue weighted by Crippen LogP contribution is 2.23. The predicted octanol–water partition coefficient (Wildman–Crippen LogP) is 4.76.